The van der Waals surface area contributed by atoms with Gasteiger partial charge in [0.2, 0.25) is 5.91 Å². The van der Waals surface area contributed by atoms with E-state index in [1.807, 2.05) is 23.8 Å². The fourth-order valence-electron chi connectivity index (χ4n) is 3.50. The second-order valence-electron chi connectivity index (χ2n) is 6.37. The molecule has 25 heavy (non-hydrogen) atoms. The number of hydrogen-bond acceptors (Lipinski definition) is 6. The Morgan fingerprint density at radius 3 is 3.00 bits per heavy atom. The number of carbonyl (C=O) groups excluding carboxylic acids is 1. The Labute approximate surface area is 148 Å². The first kappa shape index (κ1) is 16.2. The first-order chi connectivity index (χ1) is 12.0. The van der Waals surface area contributed by atoms with Crippen molar-refractivity contribution in [1.82, 2.24) is 19.4 Å². The summed E-state index contributed by atoms with van der Waals surface area (Å²) in [6.07, 6.45) is 2.94. The molecule has 0 aliphatic carbocycles. The Kier molecular flexibility index (Phi) is 4.03. The molecule has 3 N–H and O–H groups in total. The van der Waals surface area contributed by atoms with Gasteiger partial charge < -0.3 is 15.4 Å². The molecule has 0 spiro atoms. The molecule has 8 heteroatoms. The molecule has 1 aliphatic rings. The minimum atomic E-state index is -0.505. The van der Waals surface area contributed by atoms with Crippen molar-refractivity contribution in [2.75, 3.05) is 13.1 Å². The number of nitrogens with two attached hydrogens (primary N) is 1. The van der Waals surface area contributed by atoms with Crippen LogP contribution in [0.2, 0.25) is 0 Å². The van der Waals surface area contributed by atoms with Crippen LogP contribution in [0.5, 0.6) is 0 Å². The molecule has 0 unspecified atom stereocenters. The van der Waals surface area contributed by atoms with Gasteiger partial charge in [0.1, 0.15) is 5.65 Å². The smallest absolute Gasteiger partial charge is 0.249 e. The maximum absolute atomic E-state index is 11.6. The summed E-state index contributed by atoms with van der Waals surface area (Å²) in [4.78, 5) is 22.7. The molecular formula is C17H19N5O2S. The van der Waals surface area contributed by atoms with Gasteiger partial charge >= 0.3 is 0 Å². The number of aryl methyl sites for hydroxylation is 1. The van der Waals surface area contributed by atoms with Crippen LogP contribution in [0.15, 0.2) is 29.9 Å². The molecule has 7 nitrogen and oxygen atoms in total. The normalized spacial score (nSPS) is 21.2. The second kappa shape index (κ2) is 6.21. The molecule has 2 atom stereocenters. The average molecular weight is 357 g/mol. The zero-order valence-electron chi connectivity index (χ0n) is 13.8. The minimum absolute atomic E-state index is 0.118. The molecule has 0 saturated carbocycles. The maximum atomic E-state index is 11.6. The zero-order chi connectivity index (χ0) is 17.6. The van der Waals surface area contributed by atoms with Gasteiger partial charge in [0.15, 0.2) is 0 Å². The van der Waals surface area contributed by atoms with E-state index < -0.39 is 12.0 Å². The second-order valence-corrected chi connectivity index (χ2v) is 7.43. The van der Waals surface area contributed by atoms with Gasteiger partial charge in [-0.2, -0.15) is 0 Å². The van der Waals surface area contributed by atoms with Gasteiger partial charge in [0, 0.05) is 42.8 Å². The highest BCUT2D eigenvalue weighted by Crippen LogP contribution is 2.28. The van der Waals surface area contributed by atoms with Crippen LogP contribution in [0, 0.1) is 6.92 Å². The average Bonchev–Trinajstić information content (AvgIpc) is 3.26. The van der Waals surface area contributed by atoms with E-state index in [1.54, 1.807) is 23.6 Å². The lowest BCUT2D eigenvalue weighted by Crippen LogP contribution is -2.21. The topological polar surface area (TPSA) is 97.3 Å². The number of pyridine rings is 1. The number of aromatic nitrogens is 3. The Morgan fingerprint density at radius 1 is 1.44 bits per heavy atom. The predicted molar refractivity (Wildman–Crippen MR) is 95.4 cm³/mol. The van der Waals surface area contributed by atoms with E-state index in [0.29, 0.717) is 24.3 Å². The molecule has 0 radical (unpaired) electrons. The molecule has 4 rings (SSSR count). The van der Waals surface area contributed by atoms with E-state index in [-0.39, 0.29) is 6.04 Å². The predicted octanol–water partition coefficient (Wildman–Crippen LogP) is 1.32. The number of β-amino-alcohol motifs (C(OH)–C–C–N with tert-alkyl or cyclic N) is 1. The first-order valence-corrected chi connectivity index (χ1v) is 8.97. The number of thiazole rings is 1. The SMILES string of the molecule is Cc1nc(CN2C[C@@H](O)[C@H](n3ccc4c(C(N)=O)ccnc43)C2)cs1. The highest BCUT2D eigenvalue weighted by atomic mass is 32.1. The first-order valence-electron chi connectivity index (χ1n) is 8.09. The largest absolute Gasteiger partial charge is 0.390 e. The fraction of sp³-hybridized carbons (Fsp3) is 0.353. The van der Waals surface area contributed by atoms with Gasteiger partial charge in [-0.15, -0.1) is 11.3 Å². The van der Waals surface area contributed by atoms with E-state index in [9.17, 15) is 9.90 Å². The van der Waals surface area contributed by atoms with E-state index in [4.69, 9.17) is 5.73 Å². The summed E-state index contributed by atoms with van der Waals surface area (Å²) >= 11 is 1.63. The Morgan fingerprint density at radius 2 is 2.28 bits per heavy atom. The van der Waals surface area contributed by atoms with Crippen LogP contribution in [0.25, 0.3) is 11.0 Å². The Bertz CT molecular complexity index is 934. The van der Waals surface area contributed by atoms with Gasteiger partial charge in [0.05, 0.1) is 28.4 Å². The highest BCUT2D eigenvalue weighted by Gasteiger charge is 2.33. The highest BCUT2D eigenvalue weighted by molar-refractivity contribution is 7.09. The van der Waals surface area contributed by atoms with Gasteiger partial charge in [-0.3, -0.25) is 9.69 Å². The van der Waals surface area contributed by atoms with Crippen LogP contribution < -0.4 is 5.73 Å². The van der Waals surface area contributed by atoms with Crippen LogP contribution in [0.3, 0.4) is 0 Å². The van der Waals surface area contributed by atoms with Gasteiger partial charge in [-0.1, -0.05) is 0 Å². The number of carbonyl (C=O) groups is 1. The molecule has 3 aromatic heterocycles. The summed E-state index contributed by atoms with van der Waals surface area (Å²) < 4.78 is 1.94. The molecular weight excluding hydrogens is 338 g/mol. The summed E-state index contributed by atoms with van der Waals surface area (Å²) in [5.74, 6) is -0.474. The number of amides is 1. The van der Waals surface area contributed by atoms with E-state index in [2.05, 4.69) is 20.2 Å². The molecule has 0 bridgehead atoms. The van der Waals surface area contributed by atoms with Gasteiger partial charge in [-0.25, -0.2) is 9.97 Å². The van der Waals surface area contributed by atoms with Crippen molar-refractivity contribution < 1.29 is 9.90 Å². The summed E-state index contributed by atoms with van der Waals surface area (Å²) in [7, 11) is 0. The third-order valence-electron chi connectivity index (χ3n) is 4.63. The number of hydrogen-bond donors (Lipinski definition) is 2. The molecule has 3 aromatic rings. The lowest BCUT2D eigenvalue weighted by atomic mass is 10.2. The van der Waals surface area contributed by atoms with Gasteiger partial charge in [-0.05, 0) is 19.1 Å². The standard InChI is InChI=1S/C17H19N5O2S/c1-10-20-11(9-25-10)6-21-7-14(15(23)8-21)22-5-3-13-12(16(18)24)2-4-19-17(13)22/h2-5,9,14-15,23H,6-8H2,1H3,(H2,18,24)/t14-,15-/m1/s1. The van der Waals surface area contributed by atoms with Crippen LogP contribution in [0.1, 0.15) is 27.1 Å². The van der Waals surface area contributed by atoms with Crippen molar-refractivity contribution in [3.05, 3.63) is 46.2 Å². The van der Waals surface area contributed by atoms with Gasteiger partial charge in [0.25, 0.3) is 0 Å². The zero-order valence-corrected chi connectivity index (χ0v) is 14.6. The summed E-state index contributed by atoms with van der Waals surface area (Å²) in [6.45, 7) is 3.99. The lowest BCUT2D eigenvalue weighted by molar-refractivity contribution is 0.100. The van der Waals surface area contributed by atoms with Crippen LogP contribution in [0.4, 0.5) is 0 Å². The third-order valence-corrected chi connectivity index (χ3v) is 5.45. The fourth-order valence-corrected chi connectivity index (χ4v) is 4.10. The summed E-state index contributed by atoms with van der Waals surface area (Å²) in [5.41, 5.74) is 7.59. The van der Waals surface area contributed by atoms with Crippen LogP contribution in [-0.2, 0) is 6.54 Å². The Balaban J connectivity index is 1.60. The number of rotatable bonds is 4. The number of aliphatic hydroxyl groups excluding tert-OH is 1. The molecule has 130 valence electrons. The number of aliphatic hydroxyl groups is 1. The maximum Gasteiger partial charge on any atom is 0.249 e. The Hall–Kier alpha value is -2.29. The monoisotopic (exact) mass is 357 g/mol. The van der Waals surface area contributed by atoms with Crippen molar-refractivity contribution in [3.63, 3.8) is 0 Å². The number of nitrogens with zero attached hydrogens (tertiary/aromatic N) is 4. The number of fused-ring (bicyclic) bond motifs is 1. The van der Waals surface area contributed by atoms with Crippen molar-refractivity contribution in [3.8, 4) is 0 Å². The molecule has 1 aliphatic heterocycles. The van der Waals surface area contributed by atoms with E-state index >= 15 is 0 Å². The van der Waals surface area contributed by atoms with Crippen molar-refractivity contribution >= 4 is 28.3 Å². The van der Waals surface area contributed by atoms with E-state index in [0.717, 1.165) is 22.6 Å². The molecule has 1 fully saturated rings. The third kappa shape index (κ3) is 2.92. The number of likely N-dealkylation sites (tertiary alicyclic amines) is 1. The van der Waals surface area contributed by atoms with Crippen molar-refractivity contribution in [2.45, 2.75) is 25.6 Å². The lowest BCUT2D eigenvalue weighted by Gasteiger charge is -2.17. The van der Waals surface area contributed by atoms with Crippen molar-refractivity contribution in [1.29, 1.82) is 0 Å². The van der Waals surface area contributed by atoms with Crippen LogP contribution in [-0.4, -0.2) is 49.6 Å². The van der Waals surface area contributed by atoms with E-state index in [1.165, 1.54) is 0 Å². The molecule has 4 heterocycles. The quantitative estimate of drug-likeness (QED) is 0.734. The van der Waals surface area contributed by atoms with Crippen molar-refractivity contribution in [2.24, 2.45) is 5.73 Å². The van der Waals surface area contributed by atoms with Crippen LogP contribution >= 0.6 is 11.3 Å². The molecule has 0 aromatic carbocycles. The molecule has 1 saturated heterocycles. The molecule has 1 amide bonds. The summed E-state index contributed by atoms with van der Waals surface area (Å²) in [5, 5.41) is 14.4. The minimum Gasteiger partial charge on any atom is -0.390 e. The number of primary amides is 1. The summed E-state index contributed by atoms with van der Waals surface area (Å²) in [6, 6.07) is 3.34.